The Hall–Kier alpha value is -0.370. The molecule has 1 unspecified atom stereocenters. The summed E-state index contributed by atoms with van der Waals surface area (Å²) < 4.78 is 5.26. The third-order valence-electron chi connectivity index (χ3n) is 3.16. The molecular formula is C12H22O2. The number of carbonyl (C=O) groups is 1. The largest absolute Gasteiger partial charge is 0.374 e. The Kier molecular flexibility index (Phi) is 5.16. The van der Waals surface area contributed by atoms with Gasteiger partial charge >= 0.3 is 0 Å². The fraction of sp³-hybridized carbons (Fsp3) is 0.917. The number of hydrogen-bond donors (Lipinski definition) is 0. The van der Waals surface area contributed by atoms with E-state index in [2.05, 4.69) is 6.92 Å². The minimum absolute atomic E-state index is 0.136. The van der Waals surface area contributed by atoms with E-state index in [1.807, 2.05) is 0 Å². The number of carbonyl (C=O) groups excluding carboxylic acids is 1. The zero-order chi connectivity index (χ0) is 10.4. The van der Waals surface area contributed by atoms with Gasteiger partial charge in [-0.2, -0.15) is 0 Å². The first-order valence-electron chi connectivity index (χ1n) is 5.86. The van der Waals surface area contributed by atoms with Gasteiger partial charge in [0.15, 0.2) is 5.78 Å². The van der Waals surface area contributed by atoms with E-state index in [4.69, 9.17) is 4.74 Å². The molecule has 1 fully saturated rings. The van der Waals surface area contributed by atoms with Crippen LogP contribution < -0.4 is 0 Å². The van der Waals surface area contributed by atoms with Gasteiger partial charge in [-0.15, -0.1) is 0 Å². The summed E-state index contributed by atoms with van der Waals surface area (Å²) >= 11 is 0. The first-order valence-corrected chi connectivity index (χ1v) is 5.86. The molecule has 0 N–H and O–H groups in total. The van der Waals surface area contributed by atoms with Crippen molar-refractivity contribution in [3.05, 3.63) is 0 Å². The van der Waals surface area contributed by atoms with Crippen LogP contribution in [0.5, 0.6) is 0 Å². The molecule has 2 nitrogen and oxygen atoms in total. The molecule has 14 heavy (non-hydrogen) atoms. The van der Waals surface area contributed by atoms with Crippen LogP contribution in [0.1, 0.15) is 51.9 Å². The molecule has 0 radical (unpaired) electrons. The Morgan fingerprint density at radius 1 is 1.36 bits per heavy atom. The number of Topliss-reactive ketones (excluding diaryl/α,β-unsaturated/α-hetero) is 1. The van der Waals surface area contributed by atoms with Crippen molar-refractivity contribution < 1.29 is 9.53 Å². The van der Waals surface area contributed by atoms with E-state index in [9.17, 15) is 4.79 Å². The lowest BCUT2D eigenvalue weighted by Gasteiger charge is -2.24. The highest BCUT2D eigenvalue weighted by Gasteiger charge is 2.27. The van der Waals surface area contributed by atoms with E-state index in [0.717, 1.165) is 25.7 Å². The molecule has 82 valence electrons. The molecule has 0 spiro atoms. The maximum absolute atomic E-state index is 12.0. The zero-order valence-electron chi connectivity index (χ0n) is 9.42. The second-order valence-corrected chi connectivity index (χ2v) is 4.25. The minimum atomic E-state index is -0.136. The topological polar surface area (TPSA) is 26.3 Å². The maximum Gasteiger partial charge on any atom is 0.164 e. The number of rotatable bonds is 5. The first kappa shape index (κ1) is 11.7. The molecule has 0 bridgehead atoms. The second kappa shape index (κ2) is 6.18. The molecular weight excluding hydrogens is 176 g/mol. The number of ether oxygens (including phenoxy) is 1. The summed E-state index contributed by atoms with van der Waals surface area (Å²) in [5, 5.41) is 0. The van der Waals surface area contributed by atoms with Crippen LogP contribution in [0.25, 0.3) is 0 Å². The molecule has 2 heteroatoms. The molecule has 1 aliphatic rings. The van der Waals surface area contributed by atoms with Gasteiger partial charge in [0.05, 0.1) is 0 Å². The molecule has 0 saturated heterocycles. The first-order chi connectivity index (χ1) is 6.79. The van der Waals surface area contributed by atoms with Crippen LogP contribution in [0, 0.1) is 5.92 Å². The average Bonchev–Trinajstić information content (AvgIpc) is 2.26. The van der Waals surface area contributed by atoms with Crippen molar-refractivity contribution in [1.29, 1.82) is 0 Å². The van der Waals surface area contributed by atoms with E-state index >= 15 is 0 Å². The van der Waals surface area contributed by atoms with Gasteiger partial charge in [0, 0.05) is 13.0 Å². The summed E-state index contributed by atoms with van der Waals surface area (Å²) in [6.45, 7) is 2.10. The predicted molar refractivity (Wildman–Crippen MR) is 57.3 cm³/mol. The SMILES string of the molecule is CCCC(OC)C(=O)C1CCCCC1. The van der Waals surface area contributed by atoms with Crippen molar-refractivity contribution in [1.82, 2.24) is 0 Å². The predicted octanol–water partition coefficient (Wildman–Crippen LogP) is 2.95. The molecule has 1 aliphatic carbocycles. The van der Waals surface area contributed by atoms with Gasteiger partial charge < -0.3 is 4.74 Å². The minimum Gasteiger partial charge on any atom is -0.374 e. The second-order valence-electron chi connectivity index (χ2n) is 4.25. The molecule has 0 heterocycles. The van der Waals surface area contributed by atoms with Gasteiger partial charge in [-0.1, -0.05) is 32.6 Å². The van der Waals surface area contributed by atoms with E-state index in [1.165, 1.54) is 19.3 Å². The lowest BCUT2D eigenvalue weighted by atomic mass is 9.84. The van der Waals surface area contributed by atoms with Crippen LogP contribution in [-0.2, 0) is 9.53 Å². The van der Waals surface area contributed by atoms with Crippen molar-refractivity contribution in [3.63, 3.8) is 0 Å². The highest BCUT2D eigenvalue weighted by molar-refractivity contribution is 5.85. The smallest absolute Gasteiger partial charge is 0.164 e. The third-order valence-corrected chi connectivity index (χ3v) is 3.16. The number of hydrogen-bond acceptors (Lipinski definition) is 2. The van der Waals surface area contributed by atoms with Crippen molar-refractivity contribution >= 4 is 5.78 Å². The van der Waals surface area contributed by atoms with Gasteiger partial charge in [-0.3, -0.25) is 4.79 Å². The Labute approximate surface area is 87.0 Å². The Balaban J connectivity index is 2.43. The highest BCUT2D eigenvalue weighted by Crippen LogP contribution is 2.26. The van der Waals surface area contributed by atoms with Crippen molar-refractivity contribution in [2.45, 2.75) is 58.0 Å². The summed E-state index contributed by atoms with van der Waals surface area (Å²) in [6, 6.07) is 0. The van der Waals surface area contributed by atoms with Crippen LogP contribution in [0.3, 0.4) is 0 Å². The number of ketones is 1. The van der Waals surface area contributed by atoms with Gasteiger partial charge in [0.2, 0.25) is 0 Å². The van der Waals surface area contributed by atoms with E-state index < -0.39 is 0 Å². The van der Waals surface area contributed by atoms with Crippen LogP contribution in [0.15, 0.2) is 0 Å². The lowest BCUT2D eigenvalue weighted by Crippen LogP contribution is -2.31. The monoisotopic (exact) mass is 198 g/mol. The summed E-state index contributed by atoms with van der Waals surface area (Å²) in [5.74, 6) is 0.648. The van der Waals surface area contributed by atoms with E-state index in [0.29, 0.717) is 11.7 Å². The summed E-state index contributed by atoms with van der Waals surface area (Å²) in [4.78, 5) is 12.0. The van der Waals surface area contributed by atoms with Crippen LogP contribution >= 0.6 is 0 Å². The summed E-state index contributed by atoms with van der Waals surface area (Å²) in [7, 11) is 1.65. The van der Waals surface area contributed by atoms with Crippen molar-refractivity contribution in [3.8, 4) is 0 Å². The van der Waals surface area contributed by atoms with Crippen LogP contribution in [0.2, 0.25) is 0 Å². The van der Waals surface area contributed by atoms with Crippen LogP contribution in [0.4, 0.5) is 0 Å². The normalized spacial score (nSPS) is 20.7. The number of methoxy groups -OCH3 is 1. The molecule has 0 aliphatic heterocycles. The fourth-order valence-corrected chi connectivity index (χ4v) is 2.29. The lowest BCUT2D eigenvalue weighted by molar-refractivity contribution is -0.134. The van der Waals surface area contributed by atoms with Gasteiger partial charge in [0.1, 0.15) is 6.10 Å². The highest BCUT2D eigenvalue weighted by atomic mass is 16.5. The Morgan fingerprint density at radius 3 is 2.50 bits per heavy atom. The van der Waals surface area contributed by atoms with Crippen molar-refractivity contribution in [2.75, 3.05) is 7.11 Å². The van der Waals surface area contributed by atoms with Gasteiger partial charge in [-0.25, -0.2) is 0 Å². The summed E-state index contributed by atoms with van der Waals surface area (Å²) in [5.41, 5.74) is 0. The quantitative estimate of drug-likeness (QED) is 0.679. The maximum atomic E-state index is 12.0. The molecule has 0 aromatic rings. The molecule has 0 amide bonds. The van der Waals surface area contributed by atoms with Gasteiger partial charge in [0.25, 0.3) is 0 Å². The third kappa shape index (κ3) is 3.09. The van der Waals surface area contributed by atoms with E-state index in [1.54, 1.807) is 7.11 Å². The molecule has 1 rings (SSSR count). The van der Waals surface area contributed by atoms with Crippen molar-refractivity contribution in [2.24, 2.45) is 5.92 Å². The van der Waals surface area contributed by atoms with E-state index in [-0.39, 0.29) is 6.10 Å². The Morgan fingerprint density at radius 2 is 2.00 bits per heavy atom. The van der Waals surface area contributed by atoms with Gasteiger partial charge in [-0.05, 0) is 19.3 Å². The fourth-order valence-electron chi connectivity index (χ4n) is 2.29. The summed E-state index contributed by atoms with van der Waals surface area (Å²) in [6.07, 6.45) is 7.68. The Bertz CT molecular complexity index is 164. The molecule has 1 saturated carbocycles. The molecule has 0 aromatic heterocycles. The average molecular weight is 198 g/mol. The van der Waals surface area contributed by atoms with Crippen LogP contribution in [-0.4, -0.2) is 19.0 Å². The standard InChI is InChI=1S/C12H22O2/c1-3-7-11(14-2)12(13)10-8-5-4-6-9-10/h10-11H,3-9H2,1-2H3. The molecule has 1 atom stereocenters. The molecule has 0 aromatic carbocycles. The zero-order valence-corrected chi connectivity index (χ0v) is 9.42.